The number of hydrogen-bond acceptors (Lipinski definition) is 2. The lowest BCUT2D eigenvalue weighted by molar-refractivity contribution is 0.215. The summed E-state index contributed by atoms with van der Waals surface area (Å²) >= 11 is 9.26. The number of halogens is 2. The molecule has 0 aromatic heterocycles. The predicted molar refractivity (Wildman–Crippen MR) is 75.2 cm³/mol. The third-order valence-electron chi connectivity index (χ3n) is 2.12. The van der Waals surface area contributed by atoms with E-state index in [0.717, 1.165) is 4.47 Å². The number of anilines is 1. The molecule has 0 atom stereocenters. The van der Waals surface area contributed by atoms with Crippen LogP contribution in [-0.2, 0) is 0 Å². The van der Waals surface area contributed by atoms with Gasteiger partial charge in [0.1, 0.15) is 5.75 Å². The Hall–Kier alpha value is -1.52. The molecule has 0 bridgehead atoms. The SMILES string of the molecule is O=C(Nc1ccc(Br)cc1Cl)Oc1ccccc1. The Morgan fingerprint density at radius 3 is 2.56 bits per heavy atom. The summed E-state index contributed by atoms with van der Waals surface area (Å²) in [7, 11) is 0. The minimum atomic E-state index is -0.578. The van der Waals surface area contributed by atoms with E-state index >= 15 is 0 Å². The van der Waals surface area contributed by atoms with Gasteiger partial charge in [-0.2, -0.15) is 0 Å². The zero-order valence-corrected chi connectivity index (χ0v) is 11.5. The molecule has 0 aliphatic carbocycles. The maximum absolute atomic E-state index is 11.6. The van der Waals surface area contributed by atoms with Gasteiger partial charge in [0.2, 0.25) is 0 Å². The highest BCUT2D eigenvalue weighted by atomic mass is 79.9. The molecular weight excluding hydrogens is 318 g/mol. The Morgan fingerprint density at radius 2 is 1.89 bits per heavy atom. The second-order valence-corrected chi connectivity index (χ2v) is 4.77. The van der Waals surface area contributed by atoms with E-state index in [0.29, 0.717) is 16.5 Å². The number of carbonyl (C=O) groups is 1. The number of amides is 1. The Balaban J connectivity index is 2.03. The summed E-state index contributed by atoms with van der Waals surface area (Å²) in [4.78, 5) is 11.6. The van der Waals surface area contributed by atoms with Gasteiger partial charge in [-0.1, -0.05) is 45.7 Å². The molecule has 0 saturated carbocycles. The predicted octanol–water partition coefficient (Wildman–Crippen LogP) is 4.71. The van der Waals surface area contributed by atoms with E-state index < -0.39 is 6.09 Å². The van der Waals surface area contributed by atoms with E-state index in [1.54, 1.807) is 42.5 Å². The van der Waals surface area contributed by atoms with Crippen LogP contribution in [0.15, 0.2) is 53.0 Å². The number of para-hydroxylation sites is 1. The van der Waals surface area contributed by atoms with Gasteiger partial charge in [-0.3, -0.25) is 5.32 Å². The summed E-state index contributed by atoms with van der Waals surface area (Å²) < 4.78 is 5.93. The van der Waals surface area contributed by atoms with Crippen LogP contribution in [0.3, 0.4) is 0 Å². The van der Waals surface area contributed by atoms with Crippen molar-refractivity contribution in [3.63, 3.8) is 0 Å². The average molecular weight is 327 g/mol. The van der Waals surface area contributed by atoms with Crippen LogP contribution >= 0.6 is 27.5 Å². The van der Waals surface area contributed by atoms with Crippen molar-refractivity contribution in [3.8, 4) is 5.75 Å². The highest BCUT2D eigenvalue weighted by Crippen LogP contribution is 2.25. The van der Waals surface area contributed by atoms with Gasteiger partial charge in [-0.15, -0.1) is 0 Å². The molecule has 1 amide bonds. The molecule has 0 aliphatic rings. The summed E-state index contributed by atoms with van der Waals surface area (Å²) in [6, 6.07) is 14.0. The van der Waals surface area contributed by atoms with Crippen molar-refractivity contribution in [2.24, 2.45) is 0 Å². The normalized spacial score (nSPS) is 9.89. The number of nitrogens with one attached hydrogen (secondary N) is 1. The van der Waals surface area contributed by atoms with Crippen molar-refractivity contribution >= 4 is 39.3 Å². The lowest BCUT2D eigenvalue weighted by Crippen LogP contribution is -2.16. The van der Waals surface area contributed by atoms with E-state index in [9.17, 15) is 4.79 Å². The third kappa shape index (κ3) is 3.48. The summed E-state index contributed by atoms with van der Waals surface area (Å²) in [6.45, 7) is 0. The molecule has 0 unspecified atom stereocenters. The summed E-state index contributed by atoms with van der Waals surface area (Å²) in [6.07, 6.45) is -0.578. The van der Waals surface area contributed by atoms with Crippen LogP contribution in [0.1, 0.15) is 0 Å². The summed E-state index contributed by atoms with van der Waals surface area (Å²) in [5.41, 5.74) is 0.501. The number of rotatable bonds is 2. The van der Waals surface area contributed by atoms with Crippen LogP contribution in [0.4, 0.5) is 10.5 Å². The molecule has 2 rings (SSSR count). The Bertz CT molecular complexity index is 560. The molecule has 0 fully saturated rings. The van der Waals surface area contributed by atoms with Gasteiger partial charge >= 0.3 is 6.09 Å². The Labute approximate surface area is 118 Å². The van der Waals surface area contributed by atoms with Crippen LogP contribution < -0.4 is 10.1 Å². The molecule has 0 radical (unpaired) electrons. The average Bonchev–Trinajstić information content (AvgIpc) is 2.34. The molecule has 0 aliphatic heterocycles. The lowest BCUT2D eigenvalue weighted by atomic mass is 10.3. The summed E-state index contributed by atoms with van der Waals surface area (Å²) in [5, 5.41) is 3.01. The van der Waals surface area contributed by atoms with Gasteiger partial charge in [0.15, 0.2) is 0 Å². The first kappa shape index (κ1) is 12.9. The molecule has 5 heteroatoms. The molecule has 3 nitrogen and oxygen atoms in total. The molecule has 0 spiro atoms. The van der Waals surface area contributed by atoms with Gasteiger partial charge in [0.05, 0.1) is 10.7 Å². The van der Waals surface area contributed by atoms with Crippen LogP contribution in [-0.4, -0.2) is 6.09 Å². The minimum Gasteiger partial charge on any atom is -0.410 e. The maximum Gasteiger partial charge on any atom is 0.417 e. The highest BCUT2D eigenvalue weighted by molar-refractivity contribution is 9.10. The van der Waals surface area contributed by atoms with E-state index in [4.69, 9.17) is 16.3 Å². The maximum atomic E-state index is 11.6. The van der Waals surface area contributed by atoms with Crippen molar-refractivity contribution in [3.05, 3.63) is 58.0 Å². The van der Waals surface area contributed by atoms with Crippen LogP contribution in [0.25, 0.3) is 0 Å². The van der Waals surface area contributed by atoms with Crippen LogP contribution in [0.2, 0.25) is 5.02 Å². The largest absolute Gasteiger partial charge is 0.417 e. The standard InChI is InChI=1S/C13H9BrClNO2/c14-9-6-7-12(11(15)8-9)16-13(17)18-10-4-2-1-3-5-10/h1-8H,(H,16,17). The second kappa shape index (κ2) is 5.89. The van der Waals surface area contributed by atoms with E-state index in [1.807, 2.05) is 6.07 Å². The molecule has 0 saturated heterocycles. The zero-order chi connectivity index (χ0) is 13.0. The fraction of sp³-hybridized carbons (Fsp3) is 0. The van der Waals surface area contributed by atoms with Crippen molar-refractivity contribution in [1.29, 1.82) is 0 Å². The second-order valence-electron chi connectivity index (χ2n) is 3.45. The number of hydrogen-bond donors (Lipinski definition) is 1. The fourth-order valence-corrected chi connectivity index (χ4v) is 2.04. The first-order valence-electron chi connectivity index (χ1n) is 5.14. The van der Waals surface area contributed by atoms with Crippen molar-refractivity contribution in [1.82, 2.24) is 0 Å². The van der Waals surface area contributed by atoms with Crippen molar-refractivity contribution in [2.75, 3.05) is 5.32 Å². The van der Waals surface area contributed by atoms with Crippen LogP contribution in [0, 0.1) is 0 Å². The van der Waals surface area contributed by atoms with E-state index in [1.165, 1.54) is 0 Å². The van der Waals surface area contributed by atoms with Gasteiger partial charge in [0.25, 0.3) is 0 Å². The summed E-state index contributed by atoms with van der Waals surface area (Å²) in [5.74, 6) is 0.475. The molecular formula is C13H9BrClNO2. The van der Waals surface area contributed by atoms with Gasteiger partial charge in [0, 0.05) is 4.47 Å². The Morgan fingerprint density at radius 1 is 1.17 bits per heavy atom. The molecule has 1 N–H and O–H groups in total. The van der Waals surface area contributed by atoms with Crippen LogP contribution in [0.5, 0.6) is 5.75 Å². The molecule has 2 aromatic rings. The first-order chi connectivity index (χ1) is 8.65. The topological polar surface area (TPSA) is 38.3 Å². The lowest BCUT2D eigenvalue weighted by Gasteiger charge is -2.08. The molecule has 18 heavy (non-hydrogen) atoms. The van der Waals surface area contributed by atoms with Gasteiger partial charge in [-0.25, -0.2) is 4.79 Å². The Kier molecular flexibility index (Phi) is 4.23. The molecule has 0 heterocycles. The smallest absolute Gasteiger partial charge is 0.410 e. The fourth-order valence-electron chi connectivity index (χ4n) is 1.32. The number of ether oxygens (including phenoxy) is 1. The monoisotopic (exact) mass is 325 g/mol. The number of carbonyl (C=O) groups excluding carboxylic acids is 1. The minimum absolute atomic E-state index is 0.439. The molecule has 92 valence electrons. The first-order valence-corrected chi connectivity index (χ1v) is 6.31. The van der Waals surface area contributed by atoms with Crippen molar-refractivity contribution in [2.45, 2.75) is 0 Å². The highest BCUT2D eigenvalue weighted by Gasteiger charge is 2.07. The molecule has 2 aromatic carbocycles. The quantitative estimate of drug-likeness (QED) is 0.867. The van der Waals surface area contributed by atoms with Crippen molar-refractivity contribution < 1.29 is 9.53 Å². The number of benzene rings is 2. The van der Waals surface area contributed by atoms with Gasteiger partial charge < -0.3 is 4.74 Å². The zero-order valence-electron chi connectivity index (χ0n) is 9.19. The van der Waals surface area contributed by atoms with E-state index in [-0.39, 0.29) is 0 Å². The van der Waals surface area contributed by atoms with Gasteiger partial charge in [-0.05, 0) is 30.3 Å². The third-order valence-corrected chi connectivity index (χ3v) is 2.93. The van der Waals surface area contributed by atoms with E-state index in [2.05, 4.69) is 21.2 Å².